The van der Waals surface area contributed by atoms with E-state index >= 15 is 0 Å². The van der Waals surface area contributed by atoms with E-state index in [1.165, 1.54) is 0 Å². The summed E-state index contributed by atoms with van der Waals surface area (Å²) < 4.78 is 31.8. The van der Waals surface area contributed by atoms with Crippen molar-refractivity contribution in [1.29, 1.82) is 0 Å². The van der Waals surface area contributed by atoms with Gasteiger partial charge in [-0.2, -0.15) is 0 Å². The number of aromatic nitrogens is 1. The van der Waals surface area contributed by atoms with Gasteiger partial charge in [0.15, 0.2) is 0 Å². The number of rotatable bonds is 6. The van der Waals surface area contributed by atoms with Crippen LogP contribution in [-0.4, -0.2) is 19.5 Å². The first-order chi connectivity index (χ1) is 9.92. The number of sulfonamides is 1. The molecule has 0 saturated heterocycles. The molecule has 1 aromatic heterocycles. The second kappa shape index (κ2) is 6.49. The molecule has 1 N–H and O–H groups in total. The number of anilines is 1. The van der Waals surface area contributed by atoms with Crippen molar-refractivity contribution in [3.8, 4) is 0 Å². The second-order valence-electron chi connectivity index (χ2n) is 4.96. The Balaban J connectivity index is 2.17. The van der Waals surface area contributed by atoms with E-state index in [1.807, 2.05) is 13.8 Å². The number of halogens is 1. The summed E-state index contributed by atoms with van der Waals surface area (Å²) in [6, 6.07) is 8.17. The molecule has 0 atom stereocenters. The summed E-state index contributed by atoms with van der Waals surface area (Å²) in [5.41, 5.74) is 1.69. The molecule has 7 heteroatoms. The molecule has 0 unspecified atom stereocenters. The van der Waals surface area contributed by atoms with Crippen molar-refractivity contribution >= 4 is 27.5 Å². The van der Waals surface area contributed by atoms with Crippen LogP contribution in [0.15, 0.2) is 39.8 Å². The molecule has 0 saturated carbocycles. The fraction of sp³-hybridized carbons (Fsp3) is 0.357. The number of aryl methyl sites for hydroxylation is 1. The van der Waals surface area contributed by atoms with Gasteiger partial charge in [0.25, 0.3) is 10.0 Å². The minimum atomic E-state index is -3.67. The normalized spacial score (nSPS) is 11.8. The number of hydrogen-bond donors (Lipinski definition) is 1. The molecule has 21 heavy (non-hydrogen) atoms. The first-order valence-corrected chi connectivity index (χ1v) is 8.58. The lowest BCUT2D eigenvalue weighted by atomic mass is 10.1. The molecular formula is C14H17ClN2O3S. The van der Waals surface area contributed by atoms with E-state index in [0.717, 1.165) is 5.56 Å². The number of alkyl halides is 1. The third-order valence-corrected chi connectivity index (χ3v) is 4.52. The number of hydrogen-bond acceptors (Lipinski definition) is 4. The molecule has 0 bridgehead atoms. The third-order valence-electron chi connectivity index (χ3n) is 2.97. The maximum Gasteiger partial charge on any atom is 0.264 e. The maximum absolute atomic E-state index is 12.2. The number of benzene rings is 1. The first kappa shape index (κ1) is 15.9. The zero-order valence-corrected chi connectivity index (χ0v) is 13.4. The molecule has 0 radical (unpaired) electrons. The monoisotopic (exact) mass is 328 g/mol. The van der Waals surface area contributed by atoms with Crippen molar-refractivity contribution in [3.63, 3.8) is 0 Å². The largest absolute Gasteiger partial charge is 0.338 e. The van der Waals surface area contributed by atoms with Crippen molar-refractivity contribution in [2.24, 2.45) is 0 Å². The van der Waals surface area contributed by atoms with E-state index in [2.05, 4.69) is 9.88 Å². The highest BCUT2D eigenvalue weighted by molar-refractivity contribution is 7.92. The highest BCUT2D eigenvalue weighted by atomic mass is 35.5. The highest BCUT2D eigenvalue weighted by Crippen LogP contribution is 2.21. The van der Waals surface area contributed by atoms with Gasteiger partial charge in [0.05, 0.1) is 10.6 Å². The molecule has 1 heterocycles. The van der Waals surface area contributed by atoms with Crippen molar-refractivity contribution < 1.29 is 12.9 Å². The zero-order chi connectivity index (χ0) is 15.5. The van der Waals surface area contributed by atoms with Crippen molar-refractivity contribution in [2.45, 2.75) is 31.1 Å². The van der Waals surface area contributed by atoms with E-state index in [-0.39, 0.29) is 16.7 Å². The van der Waals surface area contributed by atoms with Gasteiger partial charge in [-0.05, 0) is 30.0 Å². The van der Waals surface area contributed by atoms with Crippen molar-refractivity contribution in [1.82, 2.24) is 5.16 Å². The molecule has 114 valence electrons. The van der Waals surface area contributed by atoms with Crippen LogP contribution in [0.5, 0.6) is 0 Å². The summed E-state index contributed by atoms with van der Waals surface area (Å²) >= 11 is 5.65. The predicted octanol–water partition coefficient (Wildman–Crippen LogP) is 3.38. The third kappa shape index (κ3) is 3.98. The van der Waals surface area contributed by atoms with Gasteiger partial charge in [0.1, 0.15) is 0 Å². The van der Waals surface area contributed by atoms with Crippen LogP contribution in [0.4, 0.5) is 5.88 Å². The van der Waals surface area contributed by atoms with Crippen LogP contribution in [0, 0.1) is 0 Å². The first-order valence-electron chi connectivity index (χ1n) is 6.56. The van der Waals surface area contributed by atoms with Crippen LogP contribution in [-0.2, 0) is 16.4 Å². The molecule has 0 amide bonds. The van der Waals surface area contributed by atoms with Gasteiger partial charge in [0, 0.05) is 11.9 Å². The van der Waals surface area contributed by atoms with Gasteiger partial charge in [-0.3, -0.25) is 0 Å². The van der Waals surface area contributed by atoms with E-state index in [0.29, 0.717) is 18.0 Å². The van der Waals surface area contributed by atoms with Gasteiger partial charge in [-0.15, -0.1) is 11.6 Å². The summed E-state index contributed by atoms with van der Waals surface area (Å²) in [6.45, 7) is 3.90. The van der Waals surface area contributed by atoms with Gasteiger partial charge in [-0.1, -0.05) is 31.1 Å². The van der Waals surface area contributed by atoms with E-state index in [1.54, 1.807) is 30.3 Å². The lowest BCUT2D eigenvalue weighted by Gasteiger charge is -2.05. The van der Waals surface area contributed by atoms with E-state index < -0.39 is 10.0 Å². The van der Waals surface area contributed by atoms with Crippen LogP contribution in [0.1, 0.15) is 31.0 Å². The van der Waals surface area contributed by atoms with E-state index in [9.17, 15) is 8.42 Å². The number of nitrogens with one attached hydrogen (secondary N) is 1. The Morgan fingerprint density at radius 3 is 2.48 bits per heavy atom. The molecule has 1 aromatic carbocycles. The molecule has 0 aliphatic heterocycles. The van der Waals surface area contributed by atoms with Crippen LogP contribution < -0.4 is 4.72 Å². The molecule has 0 aliphatic carbocycles. The van der Waals surface area contributed by atoms with Crippen LogP contribution in [0.3, 0.4) is 0 Å². The van der Waals surface area contributed by atoms with Gasteiger partial charge < -0.3 is 4.52 Å². The Bertz CT molecular complexity index is 693. The van der Waals surface area contributed by atoms with Gasteiger partial charge in [0.2, 0.25) is 5.88 Å². The summed E-state index contributed by atoms with van der Waals surface area (Å²) in [4.78, 5) is 0.170. The fourth-order valence-electron chi connectivity index (χ4n) is 1.74. The summed E-state index contributed by atoms with van der Waals surface area (Å²) in [5.74, 6) is 0.783. The van der Waals surface area contributed by atoms with Crippen molar-refractivity contribution in [2.75, 3.05) is 10.6 Å². The quantitative estimate of drug-likeness (QED) is 0.825. The Labute approximate surface area is 129 Å². The smallest absolute Gasteiger partial charge is 0.264 e. The highest BCUT2D eigenvalue weighted by Gasteiger charge is 2.17. The molecule has 0 spiro atoms. The minimum Gasteiger partial charge on any atom is -0.338 e. The second-order valence-corrected chi connectivity index (χ2v) is 7.02. The van der Waals surface area contributed by atoms with Crippen molar-refractivity contribution in [3.05, 3.63) is 41.6 Å². The average molecular weight is 329 g/mol. The Morgan fingerprint density at radius 1 is 1.29 bits per heavy atom. The minimum absolute atomic E-state index is 0.114. The molecule has 2 aromatic rings. The lowest BCUT2D eigenvalue weighted by molar-refractivity contribution is 0.423. The predicted molar refractivity (Wildman–Crippen MR) is 82.3 cm³/mol. The van der Waals surface area contributed by atoms with Crippen LogP contribution >= 0.6 is 11.6 Å². The van der Waals surface area contributed by atoms with E-state index in [4.69, 9.17) is 16.1 Å². The van der Waals surface area contributed by atoms with Crippen LogP contribution in [0.25, 0.3) is 0 Å². The summed E-state index contributed by atoms with van der Waals surface area (Å²) in [7, 11) is -3.67. The summed E-state index contributed by atoms with van der Waals surface area (Å²) in [6.07, 6.45) is 0.704. The number of nitrogens with zero attached hydrogens (tertiary/aromatic N) is 1. The summed E-state index contributed by atoms with van der Waals surface area (Å²) in [5, 5.41) is 3.82. The SMILES string of the molecule is CC(C)c1cc(NS(=O)(=O)c2ccc(CCCl)cc2)on1. The molecule has 2 rings (SSSR count). The molecule has 0 aliphatic rings. The molecule has 0 fully saturated rings. The standard InChI is InChI=1S/C14H17ClN2O3S/c1-10(2)13-9-14(20-16-13)17-21(18,19)12-5-3-11(4-6-12)7-8-15/h3-6,9-10,17H,7-8H2,1-2H3. The molecular weight excluding hydrogens is 312 g/mol. The Morgan fingerprint density at radius 2 is 1.95 bits per heavy atom. The molecule has 5 nitrogen and oxygen atoms in total. The van der Waals surface area contributed by atoms with Crippen LogP contribution in [0.2, 0.25) is 0 Å². The maximum atomic E-state index is 12.2. The Kier molecular flexibility index (Phi) is 4.90. The topological polar surface area (TPSA) is 72.2 Å². The average Bonchev–Trinajstić information content (AvgIpc) is 2.88. The zero-order valence-electron chi connectivity index (χ0n) is 11.8. The Hall–Kier alpha value is -1.53. The lowest BCUT2D eigenvalue weighted by Crippen LogP contribution is -2.12. The van der Waals surface area contributed by atoms with Gasteiger partial charge >= 0.3 is 0 Å². The fourth-order valence-corrected chi connectivity index (χ4v) is 2.94. The van der Waals surface area contributed by atoms with Gasteiger partial charge in [-0.25, -0.2) is 13.1 Å².